The first-order valence-corrected chi connectivity index (χ1v) is 14.9. The number of anilines is 1. The summed E-state index contributed by atoms with van der Waals surface area (Å²) in [5, 5.41) is 14.4. The number of aliphatic carboxylic acids is 1. The van der Waals surface area contributed by atoms with Crippen LogP contribution in [0.15, 0.2) is 41.3 Å². The molecule has 0 bridgehead atoms. The first-order valence-electron chi connectivity index (χ1n) is 13.4. The van der Waals surface area contributed by atoms with Crippen LogP contribution in [0.4, 0.5) is 23.2 Å². The lowest BCUT2D eigenvalue weighted by Crippen LogP contribution is -2.44. The number of amides is 2. The van der Waals surface area contributed by atoms with Crippen molar-refractivity contribution in [2.24, 2.45) is 11.3 Å². The molecule has 1 heterocycles. The maximum absolute atomic E-state index is 14.9. The number of hydrogen-bond acceptors (Lipinski definition) is 8. The van der Waals surface area contributed by atoms with Gasteiger partial charge in [0.15, 0.2) is 11.6 Å². The molecule has 2 aromatic carbocycles. The van der Waals surface area contributed by atoms with E-state index >= 15 is 0 Å². The quantitative estimate of drug-likeness (QED) is 0.344. The molecule has 1 saturated carbocycles. The van der Waals surface area contributed by atoms with E-state index in [4.69, 9.17) is 14.2 Å². The molecule has 2 fully saturated rings. The first kappa shape index (κ1) is 33.0. The lowest BCUT2D eigenvalue weighted by molar-refractivity contribution is -0.150. The molecule has 11 nitrogen and oxygen atoms in total. The number of halogens is 4. The number of carbonyl (C=O) groups is 3. The second-order valence-electron chi connectivity index (χ2n) is 10.9. The SMILES string of the molecule is COc1cc(F)c(O[C@H]2CC[C@@](C)(C(=O)O)CC2)cc1C(=O)N[C@@H]1COC[C@@H]1C(=O)Nc1cccc(S(=O)(=O)C(F)(F)F)c1. The van der Waals surface area contributed by atoms with E-state index in [9.17, 15) is 45.5 Å². The molecule has 16 heteroatoms. The molecule has 0 unspecified atom stereocenters. The highest BCUT2D eigenvalue weighted by atomic mass is 32.2. The van der Waals surface area contributed by atoms with Gasteiger partial charge in [-0.2, -0.15) is 13.2 Å². The Balaban J connectivity index is 1.46. The Morgan fingerprint density at radius 1 is 1.07 bits per heavy atom. The van der Waals surface area contributed by atoms with E-state index in [0.29, 0.717) is 31.7 Å². The minimum atomic E-state index is -5.65. The third kappa shape index (κ3) is 6.90. The molecule has 240 valence electrons. The van der Waals surface area contributed by atoms with Gasteiger partial charge >= 0.3 is 11.5 Å². The van der Waals surface area contributed by atoms with E-state index < -0.39 is 67.3 Å². The maximum atomic E-state index is 14.9. The molecule has 44 heavy (non-hydrogen) atoms. The predicted molar refractivity (Wildman–Crippen MR) is 145 cm³/mol. The van der Waals surface area contributed by atoms with E-state index in [1.54, 1.807) is 6.92 Å². The Labute approximate surface area is 249 Å². The minimum Gasteiger partial charge on any atom is -0.496 e. The van der Waals surface area contributed by atoms with Gasteiger partial charge in [-0.15, -0.1) is 0 Å². The van der Waals surface area contributed by atoms with Crippen molar-refractivity contribution in [2.75, 3.05) is 25.6 Å². The van der Waals surface area contributed by atoms with Crippen LogP contribution in [0, 0.1) is 17.2 Å². The van der Waals surface area contributed by atoms with Crippen molar-refractivity contribution in [2.45, 2.75) is 55.2 Å². The molecule has 2 aromatic rings. The van der Waals surface area contributed by atoms with E-state index in [1.807, 2.05) is 0 Å². The van der Waals surface area contributed by atoms with Crippen LogP contribution in [0.3, 0.4) is 0 Å². The molecule has 0 aromatic heterocycles. The van der Waals surface area contributed by atoms with E-state index in [2.05, 4.69) is 10.6 Å². The van der Waals surface area contributed by atoms with Crippen LogP contribution in [0.1, 0.15) is 43.0 Å². The summed E-state index contributed by atoms with van der Waals surface area (Å²) >= 11 is 0. The van der Waals surface area contributed by atoms with Gasteiger partial charge < -0.3 is 30.0 Å². The second kappa shape index (κ2) is 12.6. The molecule has 2 amide bonds. The Hall–Kier alpha value is -3.92. The smallest absolute Gasteiger partial charge is 0.496 e. The van der Waals surface area contributed by atoms with Crippen molar-refractivity contribution in [1.82, 2.24) is 5.32 Å². The molecule has 4 rings (SSSR count). The van der Waals surface area contributed by atoms with Crippen LogP contribution in [0.25, 0.3) is 0 Å². The average Bonchev–Trinajstić information content (AvgIpc) is 3.42. The summed E-state index contributed by atoms with van der Waals surface area (Å²) in [4.78, 5) is 36.7. The molecule has 1 aliphatic carbocycles. The van der Waals surface area contributed by atoms with Crippen LogP contribution in [-0.2, 0) is 24.2 Å². The number of carboxylic acids is 1. The summed E-state index contributed by atoms with van der Waals surface area (Å²) in [5.41, 5.74) is -6.77. The summed E-state index contributed by atoms with van der Waals surface area (Å²) in [7, 11) is -4.42. The molecule has 2 atom stereocenters. The fourth-order valence-corrected chi connectivity index (χ4v) is 5.83. The summed E-state index contributed by atoms with van der Waals surface area (Å²) in [6.07, 6.45) is 0.882. The van der Waals surface area contributed by atoms with E-state index in [-0.39, 0.29) is 36.0 Å². The van der Waals surface area contributed by atoms with Crippen LogP contribution in [-0.4, -0.2) is 69.3 Å². The van der Waals surface area contributed by atoms with E-state index in [1.165, 1.54) is 13.2 Å². The lowest BCUT2D eigenvalue weighted by atomic mass is 9.75. The molecule has 1 saturated heterocycles. The zero-order chi connectivity index (χ0) is 32.4. The fourth-order valence-electron chi connectivity index (χ4n) is 5.02. The number of rotatable bonds is 9. The number of benzene rings is 2. The number of carboxylic acid groups (broad SMARTS) is 1. The van der Waals surface area contributed by atoms with Crippen molar-refractivity contribution < 1.29 is 59.7 Å². The summed E-state index contributed by atoms with van der Waals surface area (Å²) < 4.78 is 93.5. The number of sulfone groups is 1. The van der Waals surface area contributed by atoms with Gasteiger partial charge in [-0.1, -0.05) is 6.07 Å². The number of methoxy groups -OCH3 is 1. The zero-order valence-corrected chi connectivity index (χ0v) is 24.4. The maximum Gasteiger partial charge on any atom is 0.501 e. The average molecular weight is 647 g/mol. The van der Waals surface area contributed by atoms with Crippen molar-refractivity contribution in [1.29, 1.82) is 0 Å². The molecule has 2 aliphatic rings. The van der Waals surface area contributed by atoms with Crippen molar-refractivity contribution in [3.63, 3.8) is 0 Å². The van der Waals surface area contributed by atoms with Crippen molar-refractivity contribution in [3.05, 3.63) is 47.8 Å². The van der Waals surface area contributed by atoms with Crippen molar-refractivity contribution in [3.8, 4) is 11.5 Å². The normalized spacial score (nSPS) is 23.9. The number of alkyl halides is 3. The van der Waals surface area contributed by atoms with Gasteiger partial charge in [0.25, 0.3) is 15.7 Å². The predicted octanol–water partition coefficient (Wildman–Crippen LogP) is 3.92. The molecular weight excluding hydrogens is 616 g/mol. The van der Waals surface area contributed by atoms with Gasteiger partial charge in [0.1, 0.15) is 5.75 Å². The summed E-state index contributed by atoms with van der Waals surface area (Å²) in [5.74, 6) is -4.63. The summed E-state index contributed by atoms with van der Waals surface area (Å²) in [6.45, 7) is 1.37. The van der Waals surface area contributed by atoms with Gasteiger partial charge in [0, 0.05) is 11.8 Å². The Morgan fingerprint density at radius 3 is 2.36 bits per heavy atom. The van der Waals surface area contributed by atoms with Crippen LogP contribution in [0.5, 0.6) is 11.5 Å². The van der Waals surface area contributed by atoms with Gasteiger partial charge in [0.2, 0.25) is 5.91 Å². The van der Waals surface area contributed by atoms with Gasteiger partial charge in [0.05, 0.1) is 54.3 Å². The number of carbonyl (C=O) groups excluding carboxylic acids is 2. The summed E-state index contributed by atoms with van der Waals surface area (Å²) in [6, 6.07) is 4.85. The Kier molecular flexibility index (Phi) is 9.44. The highest BCUT2D eigenvalue weighted by Crippen LogP contribution is 2.39. The first-order chi connectivity index (χ1) is 20.6. The molecular formula is C28H30F4N2O9S. The van der Waals surface area contributed by atoms with Crippen LogP contribution in [0.2, 0.25) is 0 Å². The standard InChI is InChI=1S/C28H30F4N2O9S/c1-27(26(37)38)8-6-16(7-9-27)43-23-11-18(22(41-2)12-20(23)29)24(35)34-21-14-42-13-19(21)25(36)33-15-4-3-5-17(10-15)44(39,40)28(30,31)32/h3-5,10-12,16,19,21H,6-9,13-14H2,1-2H3,(H,33,36)(H,34,35)(H,37,38)/t16-,19-,21+,27+/m0/s1. The molecule has 3 N–H and O–H groups in total. The Morgan fingerprint density at radius 2 is 1.75 bits per heavy atom. The van der Waals surface area contributed by atoms with Gasteiger partial charge in [-0.3, -0.25) is 14.4 Å². The monoisotopic (exact) mass is 646 g/mol. The highest BCUT2D eigenvalue weighted by Gasteiger charge is 2.47. The third-order valence-corrected chi connectivity index (χ3v) is 9.28. The molecule has 0 radical (unpaired) electrons. The third-order valence-electron chi connectivity index (χ3n) is 7.80. The van der Waals surface area contributed by atoms with Crippen molar-refractivity contribution >= 4 is 33.3 Å². The number of nitrogens with one attached hydrogen (secondary N) is 2. The number of hydrogen-bond donors (Lipinski definition) is 3. The van der Waals surface area contributed by atoms with Crippen LogP contribution >= 0.6 is 0 Å². The molecule has 0 spiro atoms. The minimum absolute atomic E-state index is 0.108. The topological polar surface area (TPSA) is 157 Å². The number of ether oxygens (including phenoxy) is 3. The van der Waals surface area contributed by atoms with Crippen LogP contribution < -0.4 is 20.1 Å². The highest BCUT2D eigenvalue weighted by molar-refractivity contribution is 7.92. The largest absolute Gasteiger partial charge is 0.501 e. The Bertz CT molecular complexity index is 1540. The second-order valence-corrected chi connectivity index (χ2v) is 12.8. The fraction of sp³-hybridized carbons (Fsp3) is 0.464. The lowest BCUT2D eigenvalue weighted by Gasteiger charge is -2.34. The zero-order valence-electron chi connectivity index (χ0n) is 23.6. The molecule has 1 aliphatic heterocycles. The van der Waals surface area contributed by atoms with Gasteiger partial charge in [-0.05, 0) is 56.9 Å². The van der Waals surface area contributed by atoms with Gasteiger partial charge in [-0.25, -0.2) is 12.8 Å². The van der Waals surface area contributed by atoms with E-state index in [0.717, 1.165) is 24.3 Å².